The summed E-state index contributed by atoms with van der Waals surface area (Å²) in [7, 11) is 0. The number of rotatable bonds is 4. The highest BCUT2D eigenvalue weighted by atomic mass is 35.5. The molecule has 1 heterocycles. The number of hydrogen-bond acceptors (Lipinski definition) is 3. The topological polar surface area (TPSA) is 39.9 Å². The van der Waals surface area contributed by atoms with E-state index in [9.17, 15) is 4.39 Å². The molecule has 0 bridgehead atoms. The fraction of sp³-hybridized carbons (Fsp3) is 0.273. The van der Waals surface area contributed by atoms with Gasteiger partial charge in [-0.15, -0.1) is 0 Å². The molecule has 0 aliphatic carbocycles. The van der Waals surface area contributed by atoms with Gasteiger partial charge in [0.25, 0.3) is 0 Å². The SMILES string of the molecule is CCn1ncnc1COc1ccc(Cl)c(F)c1. The molecule has 0 N–H and O–H groups in total. The third kappa shape index (κ3) is 2.74. The number of aromatic nitrogens is 3. The minimum Gasteiger partial charge on any atom is -0.486 e. The van der Waals surface area contributed by atoms with Crippen LogP contribution in [0.2, 0.25) is 5.02 Å². The molecule has 1 aromatic heterocycles. The molecular formula is C11H11ClFN3O. The van der Waals surface area contributed by atoms with Crippen molar-refractivity contribution in [2.24, 2.45) is 0 Å². The van der Waals surface area contributed by atoms with Gasteiger partial charge in [-0.2, -0.15) is 5.10 Å². The molecule has 4 nitrogen and oxygen atoms in total. The molecule has 2 aromatic rings. The van der Waals surface area contributed by atoms with Crippen LogP contribution in [0.1, 0.15) is 12.7 Å². The molecule has 0 amide bonds. The van der Waals surface area contributed by atoms with Crippen molar-refractivity contribution in [1.29, 1.82) is 0 Å². The molecule has 0 aliphatic rings. The number of benzene rings is 1. The maximum atomic E-state index is 13.1. The molecule has 0 radical (unpaired) electrons. The fourth-order valence-corrected chi connectivity index (χ4v) is 1.50. The maximum absolute atomic E-state index is 13.1. The summed E-state index contributed by atoms with van der Waals surface area (Å²) < 4.78 is 20.3. The van der Waals surface area contributed by atoms with Crippen molar-refractivity contribution in [2.75, 3.05) is 0 Å². The second-order valence-electron chi connectivity index (χ2n) is 3.36. The monoisotopic (exact) mass is 255 g/mol. The van der Waals surface area contributed by atoms with Gasteiger partial charge in [0.1, 0.15) is 24.5 Å². The van der Waals surface area contributed by atoms with Crippen molar-refractivity contribution in [2.45, 2.75) is 20.1 Å². The summed E-state index contributed by atoms with van der Waals surface area (Å²) in [5, 5.41) is 4.09. The Hall–Kier alpha value is -1.62. The second-order valence-corrected chi connectivity index (χ2v) is 3.76. The lowest BCUT2D eigenvalue weighted by molar-refractivity contribution is 0.286. The molecule has 1 aromatic carbocycles. The van der Waals surface area contributed by atoms with E-state index >= 15 is 0 Å². The standard InChI is InChI=1S/C11H11ClFN3O/c1-2-16-11(14-7-15-16)6-17-8-3-4-9(12)10(13)5-8/h3-5,7H,2,6H2,1H3. The predicted molar refractivity (Wildman–Crippen MR) is 61.4 cm³/mol. The lowest BCUT2D eigenvalue weighted by atomic mass is 10.3. The van der Waals surface area contributed by atoms with E-state index in [2.05, 4.69) is 10.1 Å². The van der Waals surface area contributed by atoms with E-state index in [1.165, 1.54) is 18.5 Å². The van der Waals surface area contributed by atoms with Crippen LogP contribution in [0, 0.1) is 5.82 Å². The zero-order valence-electron chi connectivity index (χ0n) is 9.23. The first-order chi connectivity index (χ1) is 8.20. The van der Waals surface area contributed by atoms with E-state index in [1.807, 2.05) is 6.92 Å². The Kier molecular flexibility index (Phi) is 3.58. The van der Waals surface area contributed by atoms with E-state index < -0.39 is 5.82 Å². The normalized spacial score (nSPS) is 10.5. The van der Waals surface area contributed by atoms with Crippen LogP contribution in [-0.2, 0) is 13.2 Å². The molecule has 6 heteroatoms. The van der Waals surface area contributed by atoms with Crippen LogP contribution >= 0.6 is 11.6 Å². The molecule has 0 fully saturated rings. The van der Waals surface area contributed by atoms with Gasteiger partial charge in [-0.25, -0.2) is 14.1 Å². The molecule has 0 saturated carbocycles. The van der Waals surface area contributed by atoms with E-state index in [-0.39, 0.29) is 11.6 Å². The van der Waals surface area contributed by atoms with E-state index in [0.717, 1.165) is 0 Å². The van der Waals surface area contributed by atoms with Crippen molar-refractivity contribution < 1.29 is 9.13 Å². The van der Waals surface area contributed by atoms with Crippen molar-refractivity contribution in [3.05, 3.63) is 41.2 Å². The van der Waals surface area contributed by atoms with Crippen molar-refractivity contribution in [3.8, 4) is 5.75 Å². The van der Waals surface area contributed by atoms with Crippen LogP contribution in [0.25, 0.3) is 0 Å². The molecule has 0 atom stereocenters. The zero-order chi connectivity index (χ0) is 12.3. The highest BCUT2D eigenvalue weighted by Gasteiger charge is 2.05. The summed E-state index contributed by atoms with van der Waals surface area (Å²) in [6.45, 7) is 2.92. The van der Waals surface area contributed by atoms with Gasteiger partial charge in [0, 0.05) is 12.6 Å². The molecule has 90 valence electrons. The quantitative estimate of drug-likeness (QED) is 0.843. The summed E-state index contributed by atoms with van der Waals surface area (Å²) in [5.74, 6) is 0.613. The predicted octanol–water partition coefficient (Wildman–Crippen LogP) is 2.67. The van der Waals surface area contributed by atoms with Crippen LogP contribution in [0.15, 0.2) is 24.5 Å². The van der Waals surface area contributed by atoms with Crippen molar-refractivity contribution in [3.63, 3.8) is 0 Å². The Labute approximate surface area is 103 Å². The van der Waals surface area contributed by atoms with Crippen LogP contribution in [0.4, 0.5) is 4.39 Å². The summed E-state index contributed by atoms with van der Waals surface area (Å²) in [5.41, 5.74) is 0. The Balaban J connectivity index is 2.05. The van der Waals surface area contributed by atoms with Crippen LogP contribution in [0.5, 0.6) is 5.75 Å². The lowest BCUT2D eigenvalue weighted by Gasteiger charge is -2.06. The molecule has 2 rings (SSSR count). The second kappa shape index (κ2) is 5.14. The molecule has 0 aliphatic heterocycles. The number of aryl methyl sites for hydroxylation is 1. The molecule has 17 heavy (non-hydrogen) atoms. The smallest absolute Gasteiger partial charge is 0.164 e. The lowest BCUT2D eigenvalue weighted by Crippen LogP contribution is -2.07. The third-order valence-corrected chi connectivity index (χ3v) is 2.56. The van der Waals surface area contributed by atoms with Crippen LogP contribution in [-0.4, -0.2) is 14.8 Å². The van der Waals surface area contributed by atoms with Gasteiger partial charge in [-0.1, -0.05) is 11.6 Å². The highest BCUT2D eigenvalue weighted by molar-refractivity contribution is 6.30. The summed E-state index contributed by atoms with van der Waals surface area (Å²) in [4.78, 5) is 4.05. The van der Waals surface area contributed by atoms with Gasteiger partial charge in [-0.3, -0.25) is 0 Å². The van der Waals surface area contributed by atoms with Gasteiger partial charge in [0.2, 0.25) is 0 Å². The van der Waals surface area contributed by atoms with E-state index in [1.54, 1.807) is 10.7 Å². The first-order valence-electron chi connectivity index (χ1n) is 5.15. The summed E-state index contributed by atoms with van der Waals surface area (Å²) >= 11 is 5.57. The fourth-order valence-electron chi connectivity index (χ4n) is 1.38. The third-order valence-electron chi connectivity index (χ3n) is 2.25. The van der Waals surface area contributed by atoms with Gasteiger partial charge in [0.05, 0.1) is 5.02 Å². The number of halogens is 2. The Morgan fingerprint density at radius 1 is 1.47 bits per heavy atom. The largest absolute Gasteiger partial charge is 0.486 e. The molecule has 0 saturated heterocycles. The average molecular weight is 256 g/mol. The van der Waals surface area contributed by atoms with Gasteiger partial charge < -0.3 is 4.74 Å². The number of ether oxygens (including phenoxy) is 1. The molecule has 0 spiro atoms. The van der Waals surface area contributed by atoms with Crippen molar-refractivity contribution in [1.82, 2.24) is 14.8 Å². The van der Waals surface area contributed by atoms with E-state index in [4.69, 9.17) is 16.3 Å². The minimum absolute atomic E-state index is 0.0778. The van der Waals surface area contributed by atoms with Crippen LogP contribution in [0.3, 0.4) is 0 Å². The molecular weight excluding hydrogens is 245 g/mol. The molecule has 0 unspecified atom stereocenters. The Morgan fingerprint density at radius 3 is 3.00 bits per heavy atom. The maximum Gasteiger partial charge on any atom is 0.164 e. The number of nitrogens with zero attached hydrogens (tertiary/aromatic N) is 3. The van der Waals surface area contributed by atoms with Gasteiger partial charge in [0.15, 0.2) is 5.82 Å². The minimum atomic E-state index is -0.499. The first kappa shape index (κ1) is 11.9. The van der Waals surface area contributed by atoms with Crippen molar-refractivity contribution >= 4 is 11.6 Å². The average Bonchev–Trinajstić information content (AvgIpc) is 2.78. The Bertz CT molecular complexity index is 515. The first-order valence-corrected chi connectivity index (χ1v) is 5.53. The zero-order valence-corrected chi connectivity index (χ0v) is 9.99. The van der Waals surface area contributed by atoms with Gasteiger partial charge in [-0.05, 0) is 19.1 Å². The summed E-state index contributed by atoms with van der Waals surface area (Å²) in [6, 6.07) is 4.31. The number of hydrogen-bond donors (Lipinski definition) is 0. The van der Waals surface area contributed by atoms with E-state index in [0.29, 0.717) is 18.1 Å². The Morgan fingerprint density at radius 2 is 2.29 bits per heavy atom. The summed E-state index contributed by atoms with van der Waals surface area (Å²) in [6.07, 6.45) is 1.46. The van der Waals surface area contributed by atoms with Gasteiger partial charge >= 0.3 is 0 Å². The van der Waals surface area contributed by atoms with Crippen LogP contribution < -0.4 is 4.74 Å². The highest BCUT2D eigenvalue weighted by Crippen LogP contribution is 2.20.